The quantitative estimate of drug-likeness (QED) is 0.599. The lowest BCUT2D eigenvalue weighted by Crippen LogP contribution is -2.15. The van der Waals surface area contributed by atoms with Crippen LogP contribution in [0.1, 0.15) is 31.8 Å². The van der Waals surface area contributed by atoms with Crippen LogP contribution in [0.3, 0.4) is 0 Å². The van der Waals surface area contributed by atoms with E-state index in [4.69, 9.17) is 0 Å². The molecular formula is C22H14BrNO3. The van der Waals surface area contributed by atoms with Crippen molar-refractivity contribution in [1.29, 1.82) is 0 Å². The van der Waals surface area contributed by atoms with Gasteiger partial charge in [-0.05, 0) is 52.3 Å². The van der Waals surface area contributed by atoms with Gasteiger partial charge < -0.3 is 10.4 Å². The van der Waals surface area contributed by atoms with E-state index in [0.717, 1.165) is 5.56 Å². The van der Waals surface area contributed by atoms with Crippen molar-refractivity contribution in [3.8, 4) is 11.8 Å². The molecule has 1 amide bonds. The van der Waals surface area contributed by atoms with Gasteiger partial charge in [-0.25, -0.2) is 4.79 Å². The van der Waals surface area contributed by atoms with Crippen molar-refractivity contribution in [3.63, 3.8) is 0 Å². The average molecular weight is 420 g/mol. The van der Waals surface area contributed by atoms with Crippen molar-refractivity contribution >= 4 is 33.5 Å². The summed E-state index contributed by atoms with van der Waals surface area (Å²) < 4.78 is 0.554. The number of carbonyl (C=O) groups excluding carboxylic acids is 1. The second kappa shape index (κ2) is 8.35. The lowest BCUT2D eigenvalue weighted by atomic mass is 10.1. The maximum Gasteiger partial charge on any atom is 0.337 e. The standard InChI is InChI=1S/C22H14BrNO3/c23-20-16(14-13-15-7-2-1-3-8-15)9-6-11-18(20)21(25)24-19-12-5-4-10-17(19)22(26)27/h1-12H,(H,24,25)(H,26,27). The van der Waals surface area contributed by atoms with Crippen LogP contribution in [0.5, 0.6) is 0 Å². The molecule has 0 spiro atoms. The number of hydrogen-bond acceptors (Lipinski definition) is 2. The monoisotopic (exact) mass is 419 g/mol. The highest BCUT2D eigenvalue weighted by Gasteiger charge is 2.16. The van der Waals surface area contributed by atoms with Gasteiger partial charge in [0.1, 0.15) is 0 Å². The van der Waals surface area contributed by atoms with E-state index in [1.165, 1.54) is 6.07 Å². The minimum atomic E-state index is -1.10. The maximum absolute atomic E-state index is 12.7. The van der Waals surface area contributed by atoms with Gasteiger partial charge in [0.15, 0.2) is 0 Å². The molecule has 4 nitrogen and oxygen atoms in total. The molecule has 0 fully saturated rings. The summed E-state index contributed by atoms with van der Waals surface area (Å²) in [4.78, 5) is 24.0. The summed E-state index contributed by atoms with van der Waals surface area (Å²) in [5.41, 5.74) is 2.17. The third kappa shape index (κ3) is 4.43. The fourth-order valence-electron chi connectivity index (χ4n) is 2.43. The van der Waals surface area contributed by atoms with Gasteiger partial charge in [-0.1, -0.05) is 48.2 Å². The predicted molar refractivity (Wildman–Crippen MR) is 108 cm³/mol. The number of halogens is 1. The van der Waals surface area contributed by atoms with E-state index in [9.17, 15) is 14.7 Å². The lowest BCUT2D eigenvalue weighted by Gasteiger charge is -2.10. The van der Waals surface area contributed by atoms with Crippen LogP contribution in [0.2, 0.25) is 0 Å². The van der Waals surface area contributed by atoms with E-state index >= 15 is 0 Å². The van der Waals surface area contributed by atoms with Gasteiger partial charge in [0.05, 0.1) is 16.8 Å². The number of rotatable bonds is 3. The zero-order chi connectivity index (χ0) is 19.2. The van der Waals surface area contributed by atoms with Crippen LogP contribution in [0.4, 0.5) is 5.69 Å². The Hall–Kier alpha value is -3.36. The number of carboxylic acid groups (broad SMARTS) is 1. The molecule has 2 N–H and O–H groups in total. The number of aromatic carboxylic acids is 1. The van der Waals surface area contributed by atoms with Crippen molar-refractivity contribution in [2.75, 3.05) is 5.32 Å². The van der Waals surface area contributed by atoms with Crippen molar-refractivity contribution < 1.29 is 14.7 Å². The highest BCUT2D eigenvalue weighted by atomic mass is 79.9. The molecule has 0 radical (unpaired) electrons. The number of carboxylic acids is 1. The number of benzene rings is 3. The molecule has 0 aliphatic heterocycles. The van der Waals surface area contributed by atoms with Crippen LogP contribution in [-0.2, 0) is 0 Å². The Morgan fingerprint density at radius 2 is 1.48 bits per heavy atom. The zero-order valence-corrected chi connectivity index (χ0v) is 15.7. The summed E-state index contributed by atoms with van der Waals surface area (Å²) in [6.07, 6.45) is 0. The molecule has 0 aliphatic rings. The summed E-state index contributed by atoms with van der Waals surface area (Å²) in [5, 5.41) is 11.9. The SMILES string of the molecule is O=C(O)c1ccccc1NC(=O)c1cccc(C#Cc2ccccc2)c1Br. The Morgan fingerprint density at radius 3 is 2.22 bits per heavy atom. The Labute approximate surface area is 165 Å². The first-order valence-electron chi connectivity index (χ1n) is 8.05. The molecule has 0 unspecified atom stereocenters. The van der Waals surface area contributed by atoms with E-state index in [2.05, 4.69) is 33.1 Å². The number of para-hydroxylation sites is 1. The Kier molecular flexibility index (Phi) is 5.70. The fourth-order valence-corrected chi connectivity index (χ4v) is 2.98. The predicted octanol–water partition coefficient (Wildman–Crippen LogP) is 4.80. The van der Waals surface area contributed by atoms with Gasteiger partial charge in [-0.2, -0.15) is 0 Å². The highest BCUT2D eigenvalue weighted by molar-refractivity contribution is 9.10. The largest absolute Gasteiger partial charge is 0.478 e. The summed E-state index contributed by atoms with van der Waals surface area (Å²) in [5.74, 6) is 4.58. The molecule has 0 heterocycles. The molecule has 0 saturated heterocycles. The summed E-state index contributed by atoms with van der Waals surface area (Å²) in [6.45, 7) is 0. The Balaban J connectivity index is 1.89. The normalized spacial score (nSPS) is 9.81. The van der Waals surface area contributed by atoms with E-state index in [1.807, 2.05) is 36.4 Å². The van der Waals surface area contributed by atoms with E-state index in [1.54, 1.807) is 30.3 Å². The third-order valence-electron chi connectivity index (χ3n) is 3.76. The van der Waals surface area contributed by atoms with Gasteiger partial charge in [-0.3, -0.25) is 4.79 Å². The molecule has 132 valence electrons. The van der Waals surface area contributed by atoms with Crippen LogP contribution in [0.15, 0.2) is 77.3 Å². The molecule has 0 aromatic heterocycles. The Bertz CT molecular complexity index is 1070. The molecule has 3 rings (SSSR count). The van der Waals surface area contributed by atoms with Gasteiger partial charge >= 0.3 is 5.97 Å². The lowest BCUT2D eigenvalue weighted by molar-refractivity contribution is 0.0698. The fraction of sp³-hybridized carbons (Fsp3) is 0. The zero-order valence-electron chi connectivity index (χ0n) is 14.1. The van der Waals surface area contributed by atoms with Crippen molar-refractivity contribution in [3.05, 3.63) is 99.5 Å². The maximum atomic E-state index is 12.7. The van der Waals surface area contributed by atoms with E-state index in [0.29, 0.717) is 15.6 Å². The van der Waals surface area contributed by atoms with Gasteiger partial charge in [0, 0.05) is 15.6 Å². The van der Waals surface area contributed by atoms with Crippen molar-refractivity contribution in [2.45, 2.75) is 0 Å². The van der Waals surface area contributed by atoms with Crippen LogP contribution < -0.4 is 5.32 Å². The van der Waals surface area contributed by atoms with Gasteiger partial charge in [0.2, 0.25) is 0 Å². The topological polar surface area (TPSA) is 66.4 Å². The molecule has 3 aromatic carbocycles. The molecule has 0 saturated carbocycles. The first-order valence-corrected chi connectivity index (χ1v) is 8.85. The van der Waals surface area contributed by atoms with Gasteiger partial charge in [0.25, 0.3) is 5.91 Å². The van der Waals surface area contributed by atoms with Crippen LogP contribution in [-0.4, -0.2) is 17.0 Å². The smallest absolute Gasteiger partial charge is 0.337 e. The number of hydrogen-bond donors (Lipinski definition) is 2. The van der Waals surface area contributed by atoms with Crippen molar-refractivity contribution in [1.82, 2.24) is 0 Å². The van der Waals surface area contributed by atoms with Crippen molar-refractivity contribution in [2.24, 2.45) is 0 Å². The van der Waals surface area contributed by atoms with E-state index < -0.39 is 11.9 Å². The molecule has 0 bridgehead atoms. The summed E-state index contributed by atoms with van der Waals surface area (Å²) in [7, 11) is 0. The molecule has 5 heteroatoms. The highest BCUT2D eigenvalue weighted by Crippen LogP contribution is 2.23. The Morgan fingerprint density at radius 1 is 0.815 bits per heavy atom. The first kappa shape index (κ1) is 18.4. The molecule has 3 aromatic rings. The summed E-state index contributed by atoms with van der Waals surface area (Å²) in [6, 6.07) is 21.0. The number of nitrogens with one attached hydrogen (secondary N) is 1. The molecule has 0 aliphatic carbocycles. The average Bonchev–Trinajstić information content (AvgIpc) is 2.68. The van der Waals surface area contributed by atoms with Gasteiger partial charge in [-0.15, -0.1) is 0 Å². The van der Waals surface area contributed by atoms with Crippen LogP contribution in [0.25, 0.3) is 0 Å². The van der Waals surface area contributed by atoms with E-state index in [-0.39, 0.29) is 11.3 Å². The van der Waals surface area contributed by atoms with Crippen LogP contribution in [0, 0.1) is 11.8 Å². The minimum absolute atomic E-state index is 0.0296. The number of anilines is 1. The number of amides is 1. The molecule has 27 heavy (non-hydrogen) atoms. The molecule has 0 atom stereocenters. The second-order valence-corrected chi connectivity index (χ2v) is 6.38. The molecular weight excluding hydrogens is 406 g/mol. The minimum Gasteiger partial charge on any atom is -0.478 e. The number of carbonyl (C=O) groups is 2. The van der Waals surface area contributed by atoms with Crippen LogP contribution >= 0.6 is 15.9 Å². The third-order valence-corrected chi connectivity index (χ3v) is 4.62. The second-order valence-electron chi connectivity index (χ2n) is 5.59. The first-order chi connectivity index (χ1) is 13.1. The summed E-state index contributed by atoms with van der Waals surface area (Å²) >= 11 is 3.44.